The monoisotopic (exact) mass is 377 g/mol. The molecule has 2 aromatic heterocycles. The molecule has 0 aliphatic carbocycles. The van der Waals surface area contributed by atoms with Crippen molar-refractivity contribution in [3.8, 4) is 0 Å². The summed E-state index contributed by atoms with van der Waals surface area (Å²) in [5.41, 5.74) is 1.10. The number of benzene rings is 1. The molecule has 7 heteroatoms. The van der Waals surface area contributed by atoms with Crippen LogP contribution in [0.5, 0.6) is 0 Å². The maximum absolute atomic E-state index is 12.8. The molecule has 0 bridgehead atoms. The van der Waals surface area contributed by atoms with E-state index in [2.05, 4.69) is 20.3 Å². The van der Waals surface area contributed by atoms with Crippen molar-refractivity contribution < 1.29 is 4.79 Å². The van der Waals surface area contributed by atoms with Gasteiger partial charge in [-0.15, -0.1) is 0 Å². The lowest BCUT2D eigenvalue weighted by molar-refractivity contribution is 0.0950. The number of nitrogens with zero attached hydrogens (tertiary/aromatic N) is 4. The summed E-state index contributed by atoms with van der Waals surface area (Å²) in [6, 6.07) is 10.9. The first-order valence-corrected chi connectivity index (χ1v) is 9.62. The normalized spacial score (nSPS) is 14.4. The summed E-state index contributed by atoms with van der Waals surface area (Å²) in [5, 5.41) is 8.86. The Morgan fingerprint density at radius 2 is 1.82 bits per heavy atom. The average Bonchev–Trinajstić information content (AvgIpc) is 3.27. The summed E-state index contributed by atoms with van der Waals surface area (Å²) in [4.78, 5) is 31.5. The number of fused-ring (bicyclic) bond motifs is 1. The van der Waals surface area contributed by atoms with Crippen molar-refractivity contribution in [3.05, 3.63) is 70.4 Å². The number of hydrogen-bond donors (Lipinski definition) is 1. The molecule has 1 aliphatic rings. The lowest BCUT2D eigenvalue weighted by Crippen LogP contribution is -2.32. The van der Waals surface area contributed by atoms with E-state index in [4.69, 9.17) is 0 Å². The molecular weight excluding hydrogens is 354 g/mol. The van der Waals surface area contributed by atoms with Crippen molar-refractivity contribution in [1.29, 1.82) is 0 Å². The molecule has 0 radical (unpaired) electrons. The summed E-state index contributed by atoms with van der Waals surface area (Å²) < 4.78 is 1.53. The third kappa shape index (κ3) is 3.94. The smallest absolute Gasteiger partial charge is 0.274 e. The van der Waals surface area contributed by atoms with E-state index < -0.39 is 0 Å². The molecule has 144 valence electrons. The van der Waals surface area contributed by atoms with Gasteiger partial charge in [0.25, 0.3) is 11.5 Å². The fourth-order valence-electron chi connectivity index (χ4n) is 3.59. The van der Waals surface area contributed by atoms with E-state index in [1.807, 2.05) is 24.3 Å². The number of amides is 1. The van der Waals surface area contributed by atoms with Gasteiger partial charge in [-0.25, -0.2) is 4.68 Å². The van der Waals surface area contributed by atoms with Crippen LogP contribution in [0, 0.1) is 0 Å². The van der Waals surface area contributed by atoms with E-state index in [9.17, 15) is 9.59 Å². The van der Waals surface area contributed by atoms with Gasteiger partial charge in [-0.2, -0.15) is 5.10 Å². The molecular formula is C21H23N5O2. The largest absolute Gasteiger partial charge is 0.346 e. The first kappa shape index (κ1) is 18.3. The Morgan fingerprint density at radius 3 is 2.57 bits per heavy atom. The van der Waals surface area contributed by atoms with Gasteiger partial charge in [0, 0.05) is 24.3 Å². The van der Waals surface area contributed by atoms with E-state index in [0.717, 1.165) is 25.0 Å². The Labute approximate surface area is 163 Å². The number of pyridine rings is 1. The highest BCUT2D eigenvalue weighted by Crippen LogP contribution is 2.14. The summed E-state index contributed by atoms with van der Waals surface area (Å²) in [6.07, 6.45) is 5.58. The van der Waals surface area contributed by atoms with E-state index >= 15 is 0 Å². The van der Waals surface area contributed by atoms with Crippen molar-refractivity contribution in [2.75, 3.05) is 19.6 Å². The van der Waals surface area contributed by atoms with Gasteiger partial charge in [-0.3, -0.25) is 14.6 Å². The number of likely N-dealkylation sites (tertiary alicyclic amines) is 1. The molecule has 0 unspecified atom stereocenters. The number of carbonyl (C=O) groups is 1. The number of rotatable bonds is 6. The van der Waals surface area contributed by atoms with Crippen molar-refractivity contribution >= 4 is 16.7 Å². The number of aromatic nitrogens is 3. The van der Waals surface area contributed by atoms with Crippen molar-refractivity contribution in [2.45, 2.75) is 25.9 Å². The molecule has 1 aliphatic heterocycles. The van der Waals surface area contributed by atoms with E-state index in [0.29, 0.717) is 23.2 Å². The van der Waals surface area contributed by atoms with Crippen molar-refractivity contribution in [1.82, 2.24) is 25.0 Å². The molecule has 1 saturated heterocycles. The molecule has 0 saturated carbocycles. The van der Waals surface area contributed by atoms with Gasteiger partial charge in [0.15, 0.2) is 0 Å². The number of hydrogen-bond acceptors (Lipinski definition) is 5. The molecule has 4 rings (SSSR count). The SMILES string of the molecule is O=C(NCc1nn(CCN2CCCC2)c(=O)c2ccccc12)c1cccnc1. The van der Waals surface area contributed by atoms with E-state index in [-0.39, 0.29) is 18.0 Å². The van der Waals surface area contributed by atoms with Crippen LogP contribution in [-0.2, 0) is 13.1 Å². The van der Waals surface area contributed by atoms with Gasteiger partial charge < -0.3 is 10.2 Å². The van der Waals surface area contributed by atoms with Crippen LogP contribution in [0.3, 0.4) is 0 Å². The maximum Gasteiger partial charge on any atom is 0.274 e. The van der Waals surface area contributed by atoms with Crippen LogP contribution in [0.2, 0.25) is 0 Å². The molecule has 1 aromatic carbocycles. The summed E-state index contributed by atoms with van der Waals surface area (Å²) in [5.74, 6) is -0.214. The Bertz CT molecular complexity index is 1030. The molecule has 1 fully saturated rings. The van der Waals surface area contributed by atoms with Crippen LogP contribution >= 0.6 is 0 Å². The van der Waals surface area contributed by atoms with Gasteiger partial charge >= 0.3 is 0 Å². The van der Waals surface area contributed by atoms with Crippen LogP contribution in [0.15, 0.2) is 53.6 Å². The van der Waals surface area contributed by atoms with Crippen LogP contribution in [0.25, 0.3) is 10.8 Å². The Hall–Kier alpha value is -3.06. The van der Waals surface area contributed by atoms with Gasteiger partial charge in [-0.1, -0.05) is 18.2 Å². The Morgan fingerprint density at radius 1 is 1.04 bits per heavy atom. The van der Waals surface area contributed by atoms with E-state index in [1.54, 1.807) is 18.3 Å². The van der Waals surface area contributed by atoms with Gasteiger partial charge in [0.2, 0.25) is 0 Å². The second-order valence-electron chi connectivity index (χ2n) is 6.99. The molecule has 28 heavy (non-hydrogen) atoms. The van der Waals surface area contributed by atoms with Gasteiger partial charge in [-0.05, 0) is 44.1 Å². The number of carbonyl (C=O) groups excluding carboxylic acids is 1. The van der Waals surface area contributed by atoms with Gasteiger partial charge in [0.05, 0.1) is 29.7 Å². The third-order valence-electron chi connectivity index (χ3n) is 5.11. The second-order valence-corrected chi connectivity index (χ2v) is 6.99. The summed E-state index contributed by atoms with van der Waals surface area (Å²) in [7, 11) is 0. The molecule has 3 heterocycles. The zero-order chi connectivity index (χ0) is 19.3. The standard InChI is InChI=1S/C21H23N5O2/c27-20(16-6-5-9-22-14-16)23-15-19-17-7-1-2-8-18(17)21(28)26(24-19)13-12-25-10-3-4-11-25/h1-2,5-9,14H,3-4,10-13,15H2,(H,23,27). The van der Waals surface area contributed by atoms with Crippen LogP contribution < -0.4 is 10.9 Å². The quantitative estimate of drug-likeness (QED) is 0.709. The van der Waals surface area contributed by atoms with Crippen LogP contribution in [0.1, 0.15) is 28.9 Å². The highest BCUT2D eigenvalue weighted by Gasteiger charge is 2.15. The lowest BCUT2D eigenvalue weighted by atomic mass is 10.1. The second kappa shape index (κ2) is 8.31. The molecule has 1 amide bonds. The first-order chi connectivity index (χ1) is 13.7. The predicted octanol–water partition coefficient (Wildman–Crippen LogP) is 1.82. The van der Waals surface area contributed by atoms with E-state index in [1.165, 1.54) is 23.7 Å². The molecule has 0 spiro atoms. The Kier molecular flexibility index (Phi) is 5.43. The van der Waals surface area contributed by atoms with Crippen molar-refractivity contribution in [3.63, 3.8) is 0 Å². The zero-order valence-electron chi connectivity index (χ0n) is 15.7. The lowest BCUT2D eigenvalue weighted by Gasteiger charge is -2.16. The molecule has 0 atom stereocenters. The Balaban J connectivity index is 1.58. The fraction of sp³-hybridized carbons (Fsp3) is 0.333. The summed E-state index contributed by atoms with van der Waals surface area (Å²) in [6.45, 7) is 3.77. The minimum atomic E-state index is -0.214. The first-order valence-electron chi connectivity index (χ1n) is 9.62. The third-order valence-corrected chi connectivity index (χ3v) is 5.11. The molecule has 1 N–H and O–H groups in total. The predicted molar refractivity (Wildman–Crippen MR) is 107 cm³/mol. The topological polar surface area (TPSA) is 80.1 Å². The maximum atomic E-state index is 12.8. The highest BCUT2D eigenvalue weighted by molar-refractivity contribution is 5.94. The minimum Gasteiger partial charge on any atom is -0.346 e. The van der Waals surface area contributed by atoms with Gasteiger partial charge in [0.1, 0.15) is 0 Å². The number of nitrogens with one attached hydrogen (secondary N) is 1. The fourth-order valence-corrected chi connectivity index (χ4v) is 3.59. The molecule has 3 aromatic rings. The average molecular weight is 377 g/mol. The minimum absolute atomic E-state index is 0.0860. The van der Waals surface area contributed by atoms with Crippen molar-refractivity contribution in [2.24, 2.45) is 0 Å². The molecule has 7 nitrogen and oxygen atoms in total. The zero-order valence-corrected chi connectivity index (χ0v) is 15.7. The highest BCUT2D eigenvalue weighted by atomic mass is 16.1. The van der Waals surface area contributed by atoms with Crippen LogP contribution in [0.4, 0.5) is 0 Å². The summed E-state index contributed by atoms with van der Waals surface area (Å²) >= 11 is 0. The van der Waals surface area contributed by atoms with Crippen LogP contribution in [-0.4, -0.2) is 45.2 Å².